The number of nitrogens with one attached hydrogen (secondary N) is 1. The van der Waals surface area contributed by atoms with Crippen LogP contribution >= 0.6 is 23.4 Å². The van der Waals surface area contributed by atoms with E-state index in [1.54, 1.807) is 24.3 Å². The van der Waals surface area contributed by atoms with Crippen molar-refractivity contribution in [3.63, 3.8) is 0 Å². The molecule has 0 spiro atoms. The Morgan fingerprint density at radius 1 is 1.35 bits per heavy atom. The van der Waals surface area contributed by atoms with Crippen LogP contribution in [0.15, 0.2) is 41.6 Å². The van der Waals surface area contributed by atoms with E-state index in [0.29, 0.717) is 16.7 Å². The van der Waals surface area contributed by atoms with E-state index in [9.17, 15) is 4.79 Å². The number of nitrogens with zero attached hydrogens (tertiary/aromatic N) is 3. The number of carbonyl (C=O) groups is 1. The minimum atomic E-state index is -0.656. The summed E-state index contributed by atoms with van der Waals surface area (Å²) in [5.41, 5.74) is 8.79. The summed E-state index contributed by atoms with van der Waals surface area (Å²) in [6, 6.07) is 9.79. The zero-order valence-corrected chi connectivity index (χ0v) is 12.1. The first-order valence-corrected chi connectivity index (χ1v) is 7.20. The Morgan fingerprint density at radius 2 is 2.05 bits per heavy atom. The molecule has 0 unspecified atom stereocenters. The van der Waals surface area contributed by atoms with Crippen molar-refractivity contribution in [1.82, 2.24) is 9.97 Å². The predicted molar refractivity (Wildman–Crippen MR) is 81.0 cm³/mol. The van der Waals surface area contributed by atoms with E-state index >= 15 is 0 Å². The van der Waals surface area contributed by atoms with Gasteiger partial charge in [-0.2, -0.15) is 0 Å². The van der Waals surface area contributed by atoms with Gasteiger partial charge < -0.3 is 5.73 Å². The highest BCUT2D eigenvalue weighted by Crippen LogP contribution is 2.20. The van der Waals surface area contributed by atoms with Gasteiger partial charge in [0.05, 0.1) is 5.69 Å². The highest BCUT2D eigenvalue weighted by molar-refractivity contribution is 7.98. The highest BCUT2D eigenvalue weighted by Gasteiger charge is 2.13. The maximum Gasteiger partial charge on any atom is 0.338 e. The number of hydrogen-bond donors (Lipinski definition) is 2. The summed E-state index contributed by atoms with van der Waals surface area (Å²) in [6.07, 6.45) is 1.83. The van der Waals surface area contributed by atoms with Crippen LogP contribution in [0.3, 0.4) is 0 Å². The first-order chi connectivity index (χ1) is 9.60. The Hall–Kier alpha value is -1.99. The second-order valence-electron chi connectivity index (χ2n) is 3.68. The summed E-state index contributed by atoms with van der Waals surface area (Å²) in [5.74, 6) is 0.386. The van der Waals surface area contributed by atoms with Gasteiger partial charge in [-0.15, -0.1) is 0 Å². The Morgan fingerprint density at radius 3 is 2.65 bits per heavy atom. The fourth-order valence-corrected chi connectivity index (χ4v) is 2.10. The number of anilines is 2. The second kappa shape index (κ2) is 6.44. The third kappa shape index (κ3) is 3.52. The fourth-order valence-electron chi connectivity index (χ4n) is 1.48. The number of benzene rings is 1. The smallest absolute Gasteiger partial charge is 0.338 e. The lowest BCUT2D eigenvalue weighted by atomic mass is 10.3. The molecule has 0 aliphatic heterocycles. The van der Waals surface area contributed by atoms with Gasteiger partial charge in [-0.1, -0.05) is 41.6 Å². The average molecular weight is 310 g/mol. The van der Waals surface area contributed by atoms with E-state index < -0.39 is 6.03 Å². The molecule has 0 saturated heterocycles. The lowest BCUT2D eigenvalue weighted by molar-refractivity contribution is 0.255. The molecule has 0 saturated carbocycles. The quantitative estimate of drug-likeness (QED) is 0.393. The van der Waals surface area contributed by atoms with Gasteiger partial charge in [0.25, 0.3) is 0 Å². The molecule has 3 N–H and O–H groups in total. The lowest BCUT2D eigenvalue weighted by Gasteiger charge is -2.21. The van der Waals surface area contributed by atoms with Crippen LogP contribution in [-0.4, -0.2) is 22.3 Å². The molecule has 0 aliphatic carbocycles. The highest BCUT2D eigenvalue weighted by atomic mass is 35.5. The second-order valence-corrected chi connectivity index (χ2v) is 4.84. The first-order valence-electron chi connectivity index (χ1n) is 5.60. The zero-order valence-electron chi connectivity index (χ0n) is 10.6. The molecule has 1 heterocycles. The van der Waals surface area contributed by atoms with E-state index in [2.05, 4.69) is 15.4 Å². The molecule has 6 nitrogen and oxygen atoms in total. The monoisotopic (exact) mass is 309 g/mol. The number of para-hydroxylation sites is 1. The van der Waals surface area contributed by atoms with Crippen molar-refractivity contribution < 1.29 is 4.79 Å². The molecule has 104 valence electrons. The van der Waals surface area contributed by atoms with Gasteiger partial charge >= 0.3 is 6.03 Å². The van der Waals surface area contributed by atoms with Crippen molar-refractivity contribution in [3.8, 4) is 0 Å². The van der Waals surface area contributed by atoms with Crippen molar-refractivity contribution in [2.75, 3.05) is 16.7 Å². The molecule has 0 fully saturated rings. The van der Waals surface area contributed by atoms with Crippen molar-refractivity contribution in [3.05, 3.63) is 41.6 Å². The molecular weight excluding hydrogens is 298 g/mol. The summed E-state index contributed by atoms with van der Waals surface area (Å²) in [4.78, 5) is 19.8. The molecule has 20 heavy (non-hydrogen) atoms. The summed E-state index contributed by atoms with van der Waals surface area (Å²) in [5, 5.41) is 1.96. The van der Waals surface area contributed by atoms with Gasteiger partial charge in [0, 0.05) is 6.07 Å². The molecule has 2 aromatic rings. The minimum Gasteiger partial charge on any atom is -0.350 e. The number of nitrogens with two attached hydrogens (primary N) is 1. The zero-order chi connectivity index (χ0) is 14.5. The SMILES string of the molecule is CSc1nc(Cl)cc(NN(C(N)=O)c2ccccc2)n1. The minimum absolute atomic E-state index is 0.282. The van der Waals surface area contributed by atoms with E-state index in [4.69, 9.17) is 17.3 Å². The number of rotatable bonds is 4. The number of carbonyl (C=O) groups excluding carboxylic acids is 1. The van der Waals surface area contributed by atoms with Crippen molar-refractivity contribution in [2.24, 2.45) is 5.73 Å². The summed E-state index contributed by atoms with van der Waals surface area (Å²) < 4.78 is 0. The Labute approximate surface area is 125 Å². The molecular formula is C12H12ClN5OS. The standard InChI is InChI=1S/C12H12ClN5OS/c1-20-12-15-9(13)7-10(16-12)17-18(11(14)19)8-5-3-2-4-6-8/h2-7H,1H3,(H2,14,19)(H,15,16,17). The summed E-state index contributed by atoms with van der Waals surface area (Å²) in [6.45, 7) is 0. The molecule has 1 aromatic heterocycles. The van der Waals surface area contributed by atoms with E-state index in [1.165, 1.54) is 22.8 Å². The normalized spacial score (nSPS) is 10.1. The van der Waals surface area contributed by atoms with Crippen LogP contribution in [0, 0.1) is 0 Å². The number of halogens is 1. The van der Waals surface area contributed by atoms with Crippen LogP contribution in [-0.2, 0) is 0 Å². The van der Waals surface area contributed by atoms with Gasteiger partial charge in [-0.25, -0.2) is 19.8 Å². The van der Waals surface area contributed by atoms with Gasteiger partial charge in [0.15, 0.2) is 11.0 Å². The average Bonchev–Trinajstić information content (AvgIpc) is 2.44. The first kappa shape index (κ1) is 14.4. The van der Waals surface area contributed by atoms with E-state index in [0.717, 1.165) is 0 Å². The van der Waals surface area contributed by atoms with Gasteiger partial charge in [-0.05, 0) is 18.4 Å². The van der Waals surface area contributed by atoms with Gasteiger partial charge in [-0.3, -0.25) is 5.43 Å². The molecule has 2 amide bonds. The number of hydrogen-bond acceptors (Lipinski definition) is 5. The predicted octanol–water partition coefficient (Wildman–Crippen LogP) is 2.76. The lowest BCUT2D eigenvalue weighted by Crippen LogP contribution is -2.40. The van der Waals surface area contributed by atoms with Crippen molar-refractivity contribution in [2.45, 2.75) is 5.16 Å². The van der Waals surface area contributed by atoms with E-state index in [-0.39, 0.29) is 5.15 Å². The third-order valence-electron chi connectivity index (χ3n) is 2.32. The van der Waals surface area contributed by atoms with Gasteiger partial charge in [0.1, 0.15) is 5.15 Å². The summed E-state index contributed by atoms with van der Waals surface area (Å²) in [7, 11) is 0. The number of primary amides is 1. The van der Waals surface area contributed by atoms with Gasteiger partial charge in [0.2, 0.25) is 0 Å². The number of urea groups is 1. The molecule has 0 aliphatic rings. The Kier molecular flexibility index (Phi) is 4.65. The molecule has 0 bridgehead atoms. The molecule has 0 radical (unpaired) electrons. The van der Waals surface area contributed by atoms with Crippen LogP contribution in [0.5, 0.6) is 0 Å². The Balaban J connectivity index is 2.29. The topological polar surface area (TPSA) is 84.1 Å². The number of aromatic nitrogens is 2. The summed E-state index contributed by atoms with van der Waals surface area (Å²) >= 11 is 7.25. The third-order valence-corrected chi connectivity index (χ3v) is 3.06. The fraction of sp³-hybridized carbons (Fsp3) is 0.0833. The number of hydrazine groups is 1. The molecule has 2 rings (SSSR count). The van der Waals surface area contributed by atoms with Crippen LogP contribution in [0.4, 0.5) is 16.3 Å². The molecule has 8 heteroatoms. The van der Waals surface area contributed by atoms with Crippen LogP contribution in [0.25, 0.3) is 0 Å². The van der Waals surface area contributed by atoms with Crippen LogP contribution < -0.4 is 16.2 Å². The largest absolute Gasteiger partial charge is 0.350 e. The van der Waals surface area contributed by atoms with Crippen molar-refractivity contribution in [1.29, 1.82) is 0 Å². The maximum atomic E-state index is 11.5. The van der Waals surface area contributed by atoms with E-state index in [1.807, 2.05) is 12.3 Å². The van der Waals surface area contributed by atoms with Crippen LogP contribution in [0.2, 0.25) is 5.15 Å². The molecule has 0 atom stereocenters. The van der Waals surface area contributed by atoms with Crippen LogP contribution in [0.1, 0.15) is 0 Å². The molecule has 1 aromatic carbocycles. The number of amides is 2. The number of thioether (sulfide) groups is 1. The Bertz CT molecular complexity index is 610. The van der Waals surface area contributed by atoms with Crippen molar-refractivity contribution >= 4 is 40.9 Å². The maximum absolute atomic E-state index is 11.5.